The van der Waals surface area contributed by atoms with E-state index < -0.39 is 6.10 Å². The van der Waals surface area contributed by atoms with Gasteiger partial charge in [0.1, 0.15) is 5.75 Å². The molecule has 96 valence electrons. The summed E-state index contributed by atoms with van der Waals surface area (Å²) < 4.78 is 5.52. The Balaban J connectivity index is 1.96. The zero-order valence-corrected chi connectivity index (χ0v) is 10.4. The second-order valence-electron chi connectivity index (χ2n) is 5.25. The summed E-state index contributed by atoms with van der Waals surface area (Å²) in [5, 5.41) is 12.4. The molecule has 1 aromatic rings. The SMILES string of the molecule is CC1Oc2ccc(C3(CO)CCC3)cc2NC1=O. The number of carbonyl (C=O) groups excluding carboxylic acids is 1. The third-order valence-corrected chi connectivity index (χ3v) is 4.14. The molecular weight excluding hydrogens is 230 g/mol. The number of anilines is 1. The number of hydrogen-bond acceptors (Lipinski definition) is 3. The maximum Gasteiger partial charge on any atom is 0.265 e. The number of hydrogen-bond donors (Lipinski definition) is 2. The van der Waals surface area contributed by atoms with Crippen LogP contribution in [0.15, 0.2) is 18.2 Å². The second-order valence-corrected chi connectivity index (χ2v) is 5.25. The first-order valence-electron chi connectivity index (χ1n) is 6.37. The van der Waals surface area contributed by atoms with E-state index in [4.69, 9.17) is 4.74 Å². The van der Waals surface area contributed by atoms with Gasteiger partial charge in [0.25, 0.3) is 5.91 Å². The quantitative estimate of drug-likeness (QED) is 0.838. The number of aliphatic hydroxyl groups is 1. The summed E-state index contributed by atoms with van der Waals surface area (Å²) in [4.78, 5) is 11.6. The number of benzene rings is 1. The monoisotopic (exact) mass is 247 g/mol. The molecule has 1 atom stereocenters. The van der Waals surface area contributed by atoms with Gasteiger partial charge in [-0.15, -0.1) is 0 Å². The van der Waals surface area contributed by atoms with Crippen molar-refractivity contribution in [3.63, 3.8) is 0 Å². The fourth-order valence-corrected chi connectivity index (χ4v) is 2.68. The fourth-order valence-electron chi connectivity index (χ4n) is 2.68. The van der Waals surface area contributed by atoms with Crippen LogP contribution in [0.25, 0.3) is 0 Å². The van der Waals surface area contributed by atoms with Gasteiger partial charge < -0.3 is 15.2 Å². The average molecular weight is 247 g/mol. The highest BCUT2D eigenvalue weighted by Gasteiger charge is 2.38. The molecule has 0 bridgehead atoms. The Morgan fingerprint density at radius 3 is 2.89 bits per heavy atom. The molecule has 1 heterocycles. The fraction of sp³-hybridized carbons (Fsp3) is 0.500. The van der Waals surface area contributed by atoms with Crippen LogP contribution in [0.3, 0.4) is 0 Å². The molecule has 2 aliphatic rings. The molecule has 2 N–H and O–H groups in total. The molecule has 0 aromatic heterocycles. The highest BCUT2D eigenvalue weighted by Crippen LogP contribution is 2.45. The summed E-state index contributed by atoms with van der Waals surface area (Å²) in [6, 6.07) is 5.82. The first kappa shape index (κ1) is 11.5. The van der Waals surface area contributed by atoms with Gasteiger partial charge in [-0.3, -0.25) is 4.79 Å². The van der Waals surface area contributed by atoms with E-state index in [1.54, 1.807) is 6.92 Å². The van der Waals surface area contributed by atoms with Crippen LogP contribution in [0.2, 0.25) is 0 Å². The van der Waals surface area contributed by atoms with E-state index in [9.17, 15) is 9.90 Å². The molecule has 1 amide bonds. The van der Waals surface area contributed by atoms with Crippen LogP contribution < -0.4 is 10.1 Å². The molecule has 0 saturated heterocycles. The van der Waals surface area contributed by atoms with Crippen LogP contribution in [0, 0.1) is 0 Å². The average Bonchev–Trinajstić information content (AvgIpc) is 2.30. The van der Waals surface area contributed by atoms with E-state index in [0.29, 0.717) is 5.75 Å². The molecule has 0 radical (unpaired) electrons. The molecule has 1 aliphatic heterocycles. The summed E-state index contributed by atoms with van der Waals surface area (Å²) in [5.41, 5.74) is 1.70. The number of fused-ring (bicyclic) bond motifs is 1. The lowest BCUT2D eigenvalue weighted by Crippen LogP contribution is -2.39. The third kappa shape index (κ3) is 1.60. The van der Waals surface area contributed by atoms with Gasteiger partial charge in [-0.1, -0.05) is 12.5 Å². The molecule has 4 nitrogen and oxygen atoms in total. The second kappa shape index (κ2) is 3.99. The summed E-state index contributed by atoms with van der Waals surface area (Å²) in [7, 11) is 0. The van der Waals surface area contributed by atoms with Crippen LogP contribution in [-0.2, 0) is 10.2 Å². The van der Waals surface area contributed by atoms with E-state index in [1.807, 2.05) is 18.2 Å². The van der Waals surface area contributed by atoms with Crippen molar-refractivity contribution >= 4 is 11.6 Å². The number of carbonyl (C=O) groups is 1. The highest BCUT2D eigenvalue weighted by molar-refractivity contribution is 5.97. The minimum Gasteiger partial charge on any atom is -0.479 e. The van der Waals surface area contributed by atoms with E-state index >= 15 is 0 Å². The van der Waals surface area contributed by atoms with Crippen molar-refractivity contribution in [2.45, 2.75) is 37.7 Å². The van der Waals surface area contributed by atoms with Gasteiger partial charge in [-0.05, 0) is 37.5 Å². The van der Waals surface area contributed by atoms with E-state index in [0.717, 1.165) is 30.5 Å². The normalized spacial score (nSPS) is 24.6. The molecule has 18 heavy (non-hydrogen) atoms. The number of amides is 1. The van der Waals surface area contributed by atoms with Crippen LogP contribution in [0.4, 0.5) is 5.69 Å². The third-order valence-electron chi connectivity index (χ3n) is 4.14. The summed E-state index contributed by atoms with van der Waals surface area (Å²) in [5.74, 6) is 0.588. The Hall–Kier alpha value is -1.55. The summed E-state index contributed by atoms with van der Waals surface area (Å²) >= 11 is 0. The van der Waals surface area contributed by atoms with Gasteiger partial charge in [0.15, 0.2) is 6.10 Å². The number of aliphatic hydroxyl groups excluding tert-OH is 1. The maximum atomic E-state index is 11.6. The first-order valence-corrected chi connectivity index (χ1v) is 6.37. The van der Waals surface area contributed by atoms with Gasteiger partial charge >= 0.3 is 0 Å². The number of rotatable bonds is 2. The Bertz CT molecular complexity index is 488. The van der Waals surface area contributed by atoms with E-state index in [2.05, 4.69) is 5.32 Å². The lowest BCUT2D eigenvalue weighted by atomic mass is 9.65. The molecule has 3 rings (SSSR count). The summed E-state index contributed by atoms with van der Waals surface area (Å²) in [6.45, 7) is 1.89. The van der Waals surface area contributed by atoms with Crippen LogP contribution in [0.1, 0.15) is 31.7 Å². The standard InChI is InChI=1S/C14H17NO3/c1-9-13(17)15-11-7-10(3-4-12(11)18-9)14(8-16)5-2-6-14/h3-4,7,9,16H,2,5-6,8H2,1H3,(H,15,17). The zero-order valence-electron chi connectivity index (χ0n) is 10.4. The molecule has 1 saturated carbocycles. The van der Waals surface area contributed by atoms with Crippen molar-refractivity contribution in [1.82, 2.24) is 0 Å². The van der Waals surface area contributed by atoms with Crippen LogP contribution >= 0.6 is 0 Å². The van der Waals surface area contributed by atoms with E-state index in [-0.39, 0.29) is 17.9 Å². The maximum absolute atomic E-state index is 11.6. The lowest BCUT2D eigenvalue weighted by Gasteiger charge is -2.41. The molecule has 0 spiro atoms. The predicted octanol–water partition coefficient (Wildman–Crippen LogP) is 1.82. The minimum atomic E-state index is -0.446. The number of ether oxygens (including phenoxy) is 1. The van der Waals surface area contributed by atoms with E-state index in [1.165, 1.54) is 0 Å². The Morgan fingerprint density at radius 2 is 2.28 bits per heavy atom. The Labute approximate surface area is 106 Å². The van der Waals surface area contributed by atoms with Gasteiger partial charge in [0.05, 0.1) is 12.3 Å². The first-order chi connectivity index (χ1) is 8.64. The van der Waals surface area contributed by atoms with Crippen molar-refractivity contribution < 1.29 is 14.6 Å². The molecular formula is C14H17NO3. The Kier molecular flexibility index (Phi) is 2.55. The van der Waals surface area contributed by atoms with Crippen molar-refractivity contribution in [3.8, 4) is 5.75 Å². The molecule has 1 fully saturated rings. The minimum absolute atomic E-state index is 0.108. The van der Waals surface area contributed by atoms with Crippen molar-refractivity contribution in [1.29, 1.82) is 0 Å². The molecule has 1 aromatic carbocycles. The van der Waals surface area contributed by atoms with Crippen LogP contribution in [-0.4, -0.2) is 23.7 Å². The van der Waals surface area contributed by atoms with Gasteiger partial charge in [0, 0.05) is 5.41 Å². The van der Waals surface area contributed by atoms with Gasteiger partial charge in [0.2, 0.25) is 0 Å². The molecule has 4 heteroatoms. The highest BCUT2D eigenvalue weighted by atomic mass is 16.5. The van der Waals surface area contributed by atoms with Gasteiger partial charge in [-0.25, -0.2) is 0 Å². The van der Waals surface area contributed by atoms with Crippen molar-refractivity contribution in [3.05, 3.63) is 23.8 Å². The van der Waals surface area contributed by atoms with Gasteiger partial charge in [-0.2, -0.15) is 0 Å². The predicted molar refractivity (Wildman–Crippen MR) is 67.8 cm³/mol. The largest absolute Gasteiger partial charge is 0.479 e. The van der Waals surface area contributed by atoms with Crippen LogP contribution in [0.5, 0.6) is 5.75 Å². The lowest BCUT2D eigenvalue weighted by molar-refractivity contribution is -0.122. The topological polar surface area (TPSA) is 58.6 Å². The Morgan fingerprint density at radius 1 is 1.50 bits per heavy atom. The molecule has 1 aliphatic carbocycles. The van der Waals surface area contributed by atoms with Crippen molar-refractivity contribution in [2.75, 3.05) is 11.9 Å². The molecule has 1 unspecified atom stereocenters. The summed E-state index contributed by atoms with van der Waals surface area (Å²) in [6.07, 6.45) is 2.72. The smallest absolute Gasteiger partial charge is 0.265 e. The van der Waals surface area contributed by atoms with Crippen molar-refractivity contribution in [2.24, 2.45) is 0 Å². The zero-order chi connectivity index (χ0) is 12.8. The number of nitrogens with one attached hydrogen (secondary N) is 1.